The molecule has 2 aromatic rings. The van der Waals surface area contributed by atoms with Crippen LogP contribution in [0.25, 0.3) is 0 Å². The summed E-state index contributed by atoms with van der Waals surface area (Å²) < 4.78 is 10.8. The minimum absolute atomic E-state index is 0.155. The lowest BCUT2D eigenvalue weighted by molar-refractivity contribution is 0.0930. The topological polar surface area (TPSA) is 63.5 Å². The van der Waals surface area contributed by atoms with Gasteiger partial charge in [-0.3, -0.25) is 0 Å². The molecule has 1 aromatic heterocycles. The summed E-state index contributed by atoms with van der Waals surface area (Å²) in [5, 5.41) is 5.85. The van der Waals surface area contributed by atoms with E-state index in [1.165, 1.54) is 0 Å². The van der Waals surface area contributed by atoms with Crippen LogP contribution in [0.3, 0.4) is 0 Å². The molecule has 1 atom stereocenters. The van der Waals surface area contributed by atoms with Gasteiger partial charge in [0.15, 0.2) is 0 Å². The van der Waals surface area contributed by atoms with Crippen molar-refractivity contribution >= 4 is 11.7 Å². The first-order chi connectivity index (χ1) is 12.0. The van der Waals surface area contributed by atoms with Crippen LogP contribution < -0.4 is 10.6 Å². The third-order valence-electron chi connectivity index (χ3n) is 3.83. The molecule has 2 amide bonds. The third-order valence-corrected chi connectivity index (χ3v) is 3.83. The maximum atomic E-state index is 12.1. The van der Waals surface area contributed by atoms with Crippen LogP contribution in [0.2, 0.25) is 0 Å². The van der Waals surface area contributed by atoms with Gasteiger partial charge in [-0.15, -0.1) is 0 Å². The number of ether oxygens (including phenoxy) is 1. The minimum atomic E-state index is -0.176. The molecule has 2 N–H and O–H groups in total. The van der Waals surface area contributed by atoms with Crippen molar-refractivity contribution in [3.63, 3.8) is 0 Å². The molecule has 2 rings (SSSR count). The first kappa shape index (κ1) is 19.1. The number of amides is 2. The van der Waals surface area contributed by atoms with Crippen molar-refractivity contribution in [2.24, 2.45) is 5.92 Å². The number of carbonyl (C=O) groups is 1. The molecule has 0 fully saturated rings. The predicted octanol–water partition coefficient (Wildman–Crippen LogP) is 4.94. The zero-order valence-corrected chi connectivity index (χ0v) is 15.2. The highest BCUT2D eigenvalue weighted by atomic mass is 16.5. The molecular formula is C20H28N2O3. The van der Waals surface area contributed by atoms with Gasteiger partial charge in [0.2, 0.25) is 0 Å². The Morgan fingerprint density at radius 2 is 1.96 bits per heavy atom. The highest BCUT2D eigenvalue weighted by molar-refractivity contribution is 5.89. The van der Waals surface area contributed by atoms with E-state index in [9.17, 15) is 4.79 Å². The highest BCUT2D eigenvalue weighted by Gasteiger charge is 2.08. The fourth-order valence-electron chi connectivity index (χ4n) is 2.45. The molecule has 5 heteroatoms. The molecule has 0 spiro atoms. The molecule has 5 nitrogen and oxygen atoms in total. The van der Waals surface area contributed by atoms with E-state index >= 15 is 0 Å². The van der Waals surface area contributed by atoms with Gasteiger partial charge in [-0.1, -0.05) is 26.0 Å². The smallest absolute Gasteiger partial charge is 0.319 e. The SMILES string of the molecule is CC(C)CCC(C)NC(=O)Nc1cccc(COCc2ccco2)c1. The summed E-state index contributed by atoms with van der Waals surface area (Å²) >= 11 is 0. The maximum absolute atomic E-state index is 12.1. The van der Waals surface area contributed by atoms with Gasteiger partial charge in [0.1, 0.15) is 12.4 Å². The molecule has 1 unspecified atom stereocenters. The van der Waals surface area contributed by atoms with Crippen LogP contribution in [0, 0.1) is 5.92 Å². The van der Waals surface area contributed by atoms with Gasteiger partial charge >= 0.3 is 6.03 Å². The van der Waals surface area contributed by atoms with E-state index in [1.807, 2.05) is 43.3 Å². The fraction of sp³-hybridized carbons (Fsp3) is 0.450. The lowest BCUT2D eigenvalue weighted by Crippen LogP contribution is -2.36. The Labute approximate surface area is 149 Å². The summed E-state index contributed by atoms with van der Waals surface area (Å²) in [6.45, 7) is 7.29. The van der Waals surface area contributed by atoms with Gasteiger partial charge in [-0.05, 0) is 55.5 Å². The van der Waals surface area contributed by atoms with Crippen molar-refractivity contribution in [1.82, 2.24) is 5.32 Å². The van der Waals surface area contributed by atoms with E-state index in [0.29, 0.717) is 19.1 Å². The summed E-state index contributed by atoms with van der Waals surface area (Å²) in [7, 11) is 0. The molecule has 0 aliphatic heterocycles. The number of urea groups is 1. The van der Waals surface area contributed by atoms with E-state index in [2.05, 4.69) is 24.5 Å². The van der Waals surface area contributed by atoms with Crippen LogP contribution in [-0.2, 0) is 18.0 Å². The largest absolute Gasteiger partial charge is 0.467 e. The molecule has 0 saturated heterocycles. The molecule has 1 heterocycles. The first-order valence-corrected chi connectivity index (χ1v) is 8.79. The van der Waals surface area contributed by atoms with E-state index in [1.54, 1.807) is 6.26 Å². The van der Waals surface area contributed by atoms with Gasteiger partial charge in [-0.25, -0.2) is 4.79 Å². The Morgan fingerprint density at radius 1 is 1.12 bits per heavy atom. The van der Waals surface area contributed by atoms with Gasteiger partial charge < -0.3 is 19.8 Å². The summed E-state index contributed by atoms with van der Waals surface area (Å²) in [4.78, 5) is 12.1. The second-order valence-corrected chi connectivity index (χ2v) is 6.74. The molecule has 0 aliphatic carbocycles. The molecule has 25 heavy (non-hydrogen) atoms. The maximum Gasteiger partial charge on any atom is 0.319 e. The standard InChI is InChI=1S/C20H28N2O3/c1-15(2)9-10-16(3)21-20(23)22-18-7-4-6-17(12-18)13-24-14-19-8-5-11-25-19/h4-8,11-12,15-16H,9-10,13-14H2,1-3H3,(H2,21,22,23). The molecule has 136 valence electrons. The lowest BCUT2D eigenvalue weighted by atomic mass is 10.0. The number of carbonyl (C=O) groups excluding carboxylic acids is 1. The van der Waals surface area contributed by atoms with E-state index in [0.717, 1.165) is 29.9 Å². The lowest BCUT2D eigenvalue weighted by Gasteiger charge is -2.16. The predicted molar refractivity (Wildman–Crippen MR) is 99.3 cm³/mol. The molecule has 0 saturated carbocycles. The zero-order chi connectivity index (χ0) is 18.1. The highest BCUT2D eigenvalue weighted by Crippen LogP contribution is 2.13. The normalized spacial score (nSPS) is 12.2. The van der Waals surface area contributed by atoms with Crippen molar-refractivity contribution in [2.75, 3.05) is 5.32 Å². The van der Waals surface area contributed by atoms with Crippen molar-refractivity contribution in [3.05, 3.63) is 54.0 Å². The van der Waals surface area contributed by atoms with Crippen molar-refractivity contribution in [1.29, 1.82) is 0 Å². The van der Waals surface area contributed by atoms with E-state index in [4.69, 9.17) is 9.15 Å². The monoisotopic (exact) mass is 344 g/mol. The number of furan rings is 1. The van der Waals surface area contributed by atoms with Crippen LogP contribution in [0.15, 0.2) is 47.1 Å². The quantitative estimate of drug-likeness (QED) is 0.677. The molecular weight excluding hydrogens is 316 g/mol. The molecule has 1 aromatic carbocycles. The van der Waals surface area contributed by atoms with Crippen LogP contribution in [0.1, 0.15) is 44.9 Å². The molecule has 0 aliphatic rings. The van der Waals surface area contributed by atoms with E-state index in [-0.39, 0.29) is 12.1 Å². The second-order valence-electron chi connectivity index (χ2n) is 6.74. The second kappa shape index (κ2) is 9.89. The van der Waals surface area contributed by atoms with Crippen LogP contribution in [-0.4, -0.2) is 12.1 Å². The molecule has 0 bridgehead atoms. The fourth-order valence-corrected chi connectivity index (χ4v) is 2.45. The zero-order valence-electron chi connectivity index (χ0n) is 15.2. The minimum Gasteiger partial charge on any atom is -0.467 e. The number of benzene rings is 1. The van der Waals surface area contributed by atoms with Gasteiger partial charge in [-0.2, -0.15) is 0 Å². The van der Waals surface area contributed by atoms with Gasteiger partial charge in [0, 0.05) is 11.7 Å². The van der Waals surface area contributed by atoms with Crippen LogP contribution >= 0.6 is 0 Å². The van der Waals surface area contributed by atoms with Crippen molar-refractivity contribution in [2.45, 2.75) is 52.9 Å². The average Bonchev–Trinajstić information content (AvgIpc) is 3.06. The Bertz CT molecular complexity index is 638. The van der Waals surface area contributed by atoms with Crippen molar-refractivity contribution < 1.29 is 13.9 Å². The summed E-state index contributed by atoms with van der Waals surface area (Å²) in [5.41, 5.74) is 1.75. The third kappa shape index (κ3) is 7.44. The number of hydrogen-bond acceptors (Lipinski definition) is 3. The Morgan fingerprint density at radius 3 is 2.68 bits per heavy atom. The Hall–Kier alpha value is -2.27. The summed E-state index contributed by atoms with van der Waals surface area (Å²) in [6, 6.07) is 11.4. The average molecular weight is 344 g/mol. The summed E-state index contributed by atoms with van der Waals surface area (Å²) in [6.07, 6.45) is 3.71. The number of rotatable bonds is 9. The summed E-state index contributed by atoms with van der Waals surface area (Å²) in [5.74, 6) is 1.44. The van der Waals surface area contributed by atoms with Crippen LogP contribution in [0.4, 0.5) is 10.5 Å². The van der Waals surface area contributed by atoms with Gasteiger partial charge in [0.05, 0.1) is 12.9 Å². The van der Waals surface area contributed by atoms with Crippen molar-refractivity contribution in [3.8, 4) is 0 Å². The number of nitrogens with one attached hydrogen (secondary N) is 2. The first-order valence-electron chi connectivity index (χ1n) is 8.79. The molecule has 0 radical (unpaired) electrons. The number of anilines is 1. The van der Waals surface area contributed by atoms with Crippen LogP contribution in [0.5, 0.6) is 0 Å². The van der Waals surface area contributed by atoms with Gasteiger partial charge in [0.25, 0.3) is 0 Å². The Balaban J connectivity index is 1.76. The van der Waals surface area contributed by atoms with E-state index < -0.39 is 0 Å². The Kier molecular flexibility index (Phi) is 7.54. The number of hydrogen-bond donors (Lipinski definition) is 2.